The fourth-order valence-corrected chi connectivity index (χ4v) is 8.87. The van der Waals surface area contributed by atoms with Gasteiger partial charge in [0.2, 0.25) is 5.12 Å². The lowest BCUT2D eigenvalue weighted by Gasteiger charge is -2.19. The Morgan fingerprint density at radius 3 is 1.68 bits per heavy atom. The van der Waals surface area contributed by atoms with Crippen LogP contribution in [0.15, 0.2) is 60.7 Å². The number of benzene rings is 2. The van der Waals surface area contributed by atoms with E-state index < -0.39 is 53.0 Å². The number of carbonyl (C=O) groups is 6. The van der Waals surface area contributed by atoms with E-state index in [1.807, 2.05) is 0 Å². The Hall–Kier alpha value is -3.50. The number of ether oxygens (including phenoxy) is 2. The molecule has 0 saturated heterocycles. The highest BCUT2D eigenvalue weighted by molar-refractivity contribution is 8.76. The lowest BCUT2D eigenvalue weighted by molar-refractivity contribution is -0.145. The molecule has 20 heteroatoms. The summed E-state index contributed by atoms with van der Waals surface area (Å²) in [5.74, 6) is -1.89. The Bertz CT molecular complexity index is 2050. The predicted molar refractivity (Wildman–Crippen MR) is 232 cm³/mol. The molecule has 56 heavy (non-hydrogen) atoms. The summed E-state index contributed by atoms with van der Waals surface area (Å²) in [6.45, 7) is 3.49. The van der Waals surface area contributed by atoms with Crippen LogP contribution in [0.4, 0.5) is 0 Å². The highest BCUT2D eigenvalue weighted by Crippen LogP contribution is 2.28. The number of hydrogen-bond donors (Lipinski definition) is 7. The Labute approximate surface area is 352 Å². The van der Waals surface area contributed by atoms with Gasteiger partial charge in [-0.25, -0.2) is 24.3 Å². The first kappa shape index (κ1) is 45.2. The first-order valence-corrected chi connectivity index (χ1v) is 22.1. The molecule has 4 rings (SSSR count). The van der Waals surface area contributed by atoms with Crippen molar-refractivity contribution in [3.8, 4) is 11.4 Å². The number of amides is 2. The summed E-state index contributed by atoms with van der Waals surface area (Å²) in [5, 5.41) is 6.12. The zero-order valence-electron chi connectivity index (χ0n) is 30.1. The summed E-state index contributed by atoms with van der Waals surface area (Å²) in [5.41, 5.74) is 1.80. The minimum absolute atomic E-state index is 0.0197. The maximum Gasteiger partial charge on any atom is 0.329 e. The van der Waals surface area contributed by atoms with Crippen LogP contribution in [0, 0.1) is 0 Å². The molecule has 4 N–H and O–H groups in total. The fraction of sp³-hybridized carbons (Fsp3) is 0.333. The summed E-state index contributed by atoms with van der Waals surface area (Å²) < 4.78 is 16.3. The highest BCUT2D eigenvalue weighted by Gasteiger charge is 2.27. The average molecular weight is 877 g/mol. The number of rotatable bonds is 22. The number of esters is 2. The molecule has 0 spiro atoms. The van der Waals surface area contributed by atoms with E-state index in [1.54, 1.807) is 62.4 Å². The highest BCUT2D eigenvalue weighted by atomic mass is 33.1. The minimum Gasteiger partial charge on any atom is -0.464 e. The molecule has 0 aliphatic rings. The molecule has 0 radical (unpaired) electrons. The average Bonchev–Trinajstić information content (AvgIpc) is 3.20. The molecule has 0 saturated carbocycles. The van der Waals surface area contributed by atoms with Crippen molar-refractivity contribution >= 4 is 129 Å². The molecule has 2 aromatic carbocycles. The number of nitrogens with one attached hydrogen (secondary N) is 4. The quantitative estimate of drug-likeness (QED) is 0.0149. The van der Waals surface area contributed by atoms with Gasteiger partial charge in [0.05, 0.1) is 58.8 Å². The fourth-order valence-electron chi connectivity index (χ4n) is 4.99. The van der Waals surface area contributed by atoms with Gasteiger partial charge in [0.1, 0.15) is 18.4 Å². The van der Waals surface area contributed by atoms with Gasteiger partial charge >= 0.3 is 11.9 Å². The van der Waals surface area contributed by atoms with Crippen LogP contribution in [0.3, 0.4) is 0 Å². The predicted octanol–water partition coefficient (Wildman–Crippen LogP) is 4.15. The van der Waals surface area contributed by atoms with E-state index in [0.717, 1.165) is 29.2 Å². The molecular weight excluding hydrogens is 837 g/mol. The Morgan fingerprint density at radius 2 is 1.23 bits per heavy atom. The van der Waals surface area contributed by atoms with Crippen molar-refractivity contribution in [3.05, 3.63) is 71.8 Å². The lowest BCUT2D eigenvalue weighted by Crippen LogP contribution is -2.45. The van der Waals surface area contributed by atoms with Crippen LogP contribution >= 0.6 is 71.6 Å². The van der Waals surface area contributed by atoms with E-state index in [1.165, 1.54) is 22.9 Å². The number of para-hydroxylation sites is 2. The van der Waals surface area contributed by atoms with Crippen LogP contribution in [-0.2, 0) is 28.7 Å². The molecule has 2 amide bonds. The summed E-state index contributed by atoms with van der Waals surface area (Å²) >= 11 is 13.2. The van der Waals surface area contributed by atoms with Crippen LogP contribution in [0.1, 0.15) is 34.6 Å². The Balaban J connectivity index is 1.69. The third-order valence-corrected chi connectivity index (χ3v) is 11.8. The zero-order valence-corrected chi connectivity index (χ0v) is 35.3. The van der Waals surface area contributed by atoms with E-state index in [-0.39, 0.29) is 58.7 Å². The molecule has 4 aromatic rings. The number of nitrogens with zero attached hydrogens (tertiary/aromatic N) is 2. The molecular formula is C36H40N6O8S6. The third kappa shape index (κ3) is 12.5. The number of fused-ring (bicyclic) bond motifs is 2. The van der Waals surface area contributed by atoms with Crippen LogP contribution < -0.4 is 20.1 Å². The summed E-state index contributed by atoms with van der Waals surface area (Å²) in [4.78, 5) is 86.4. The molecule has 14 nitrogen and oxygen atoms in total. The number of aldehydes is 1. The second kappa shape index (κ2) is 23.0. The van der Waals surface area contributed by atoms with E-state index in [9.17, 15) is 28.8 Å². The third-order valence-electron chi connectivity index (χ3n) is 7.75. The van der Waals surface area contributed by atoms with Gasteiger partial charge < -0.3 is 24.9 Å². The minimum atomic E-state index is -1.10. The monoisotopic (exact) mass is 876 g/mol. The van der Waals surface area contributed by atoms with Crippen LogP contribution in [0.25, 0.3) is 33.2 Å². The van der Waals surface area contributed by atoms with Crippen LogP contribution in [0.5, 0.6) is 0 Å². The largest absolute Gasteiger partial charge is 0.464 e. The van der Waals surface area contributed by atoms with E-state index in [4.69, 9.17) is 19.4 Å². The van der Waals surface area contributed by atoms with E-state index >= 15 is 0 Å². The Morgan fingerprint density at radius 1 is 0.732 bits per heavy atom. The van der Waals surface area contributed by atoms with Gasteiger partial charge in [0, 0.05) is 33.8 Å². The second-order valence-corrected chi connectivity index (χ2v) is 15.8. The van der Waals surface area contributed by atoms with Crippen LogP contribution in [0.2, 0.25) is 0 Å². The summed E-state index contributed by atoms with van der Waals surface area (Å²) in [7, 11) is 2.37. The van der Waals surface area contributed by atoms with E-state index in [0.29, 0.717) is 21.8 Å². The number of pyridine rings is 2. The van der Waals surface area contributed by atoms with Gasteiger partial charge in [-0.3, -0.25) is 19.1 Å². The normalized spacial score (nSPS) is 13.3. The Kier molecular flexibility index (Phi) is 18.6. The molecule has 2 heterocycles. The number of thiol groups is 3. The van der Waals surface area contributed by atoms with Crippen molar-refractivity contribution in [2.24, 2.45) is 0 Å². The van der Waals surface area contributed by atoms with Gasteiger partial charge in [0.25, 0.3) is 11.8 Å². The molecule has 2 aromatic heterocycles. The molecule has 0 bridgehead atoms. The standard InChI is InChI=1S/C36H40N6O8S6/c1-3-49-34(46)30(18-54-42-29(17-52)36(48)53)39-32(44)23-13-27(37-25-11-7-5-9-21(23)25)28-14-24(22-10-6-8-12-26(22)38-28)33(45)40-31(35(47)50-4-2)19-55-56-41-20(15-43)16-51/h5-15,20,29-31,41-42,51-52H,3-4,16-19H2,1-2H3,(H,39,44)(H,40,45)(H,48,53)/t20-,29+,30?,31?/m1/s1. The maximum atomic E-state index is 14.0. The number of aromatic nitrogens is 2. The second-order valence-electron chi connectivity index (χ2n) is 11.6. The van der Waals surface area contributed by atoms with Crippen molar-refractivity contribution in [2.75, 3.05) is 36.2 Å². The van der Waals surface area contributed by atoms with Gasteiger partial charge in [-0.2, -0.15) is 25.3 Å². The lowest BCUT2D eigenvalue weighted by atomic mass is 10.0. The maximum absolute atomic E-state index is 14.0. The van der Waals surface area contributed by atoms with Crippen molar-refractivity contribution in [1.82, 2.24) is 30.0 Å². The van der Waals surface area contributed by atoms with E-state index in [2.05, 4.69) is 58.0 Å². The van der Waals surface area contributed by atoms with Gasteiger partial charge in [-0.1, -0.05) is 59.1 Å². The van der Waals surface area contributed by atoms with Crippen LogP contribution in [-0.4, -0.2) is 106 Å². The van der Waals surface area contributed by atoms with Crippen molar-refractivity contribution in [2.45, 2.75) is 38.0 Å². The molecule has 298 valence electrons. The first-order valence-electron chi connectivity index (χ1n) is 17.1. The number of carbonyl (C=O) groups excluding carboxylic acids is 6. The van der Waals surface area contributed by atoms with Crippen molar-refractivity contribution < 1.29 is 38.2 Å². The first-order chi connectivity index (χ1) is 27.0. The SMILES string of the molecule is CCOC(=O)C(CSN[C@@H](CS)C(=O)S)NC(=O)c1cc(-c2cc(C(=O)NC(CSSN[C@H](C=O)CS)C(=O)OCC)c3ccccc3n2)nc2ccccc12. The summed E-state index contributed by atoms with van der Waals surface area (Å²) in [6, 6.07) is 13.7. The topological polar surface area (TPSA) is 195 Å². The molecule has 0 aliphatic carbocycles. The zero-order chi connectivity index (χ0) is 40.6. The van der Waals surface area contributed by atoms with Gasteiger partial charge in [-0.15, -0.1) is 12.6 Å². The van der Waals surface area contributed by atoms with Crippen molar-refractivity contribution in [3.63, 3.8) is 0 Å². The smallest absolute Gasteiger partial charge is 0.329 e. The molecule has 0 fully saturated rings. The van der Waals surface area contributed by atoms with Crippen molar-refractivity contribution in [1.29, 1.82) is 0 Å². The van der Waals surface area contributed by atoms with Gasteiger partial charge in [0.15, 0.2) is 0 Å². The van der Waals surface area contributed by atoms with Gasteiger partial charge in [-0.05, 0) is 49.1 Å². The molecule has 4 atom stereocenters. The molecule has 0 aliphatic heterocycles. The molecule has 2 unspecified atom stereocenters. The number of hydrogen-bond acceptors (Lipinski definition) is 17. The summed E-state index contributed by atoms with van der Waals surface area (Å²) in [6.07, 6.45) is 0.728.